The van der Waals surface area contributed by atoms with Gasteiger partial charge in [0.05, 0.1) is 0 Å². The number of Topliss-reactive ketones (excluding diaryl/α,β-unsaturated/α-hetero) is 1. The highest BCUT2D eigenvalue weighted by atomic mass is 16.1. The average Bonchev–Trinajstić information content (AvgIpc) is 3.34. The van der Waals surface area contributed by atoms with Crippen LogP contribution in [0, 0.1) is 343 Å². The number of hydrogen-bond acceptors (Lipinski definition) is 1. The number of carbonyl (C=O) groups is 1. The summed E-state index contributed by atoms with van der Waals surface area (Å²) in [6.07, 6.45) is 2.46. The fourth-order valence-electron chi connectivity index (χ4n) is 2.27. The summed E-state index contributed by atoms with van der Waals surface area (Å²) in [5.41, 5.74) is 0. The molecule has 0 heterocycles. The van der Waals surface area contributed by atoms with Gasteiger partial charge in [-0.15, -0.1) is 0 Å². The van der Waals surface area contributed by atoms with Crippen LogP contribution in [-0.2, 0) is 4.79 Å². The number of ketones is 1. The second-order valence-corrected chi connectivity index (χ2v) is 9.14. The molecular formula is C66H18O. The van der Waals surface area contributed by atoms with Crippen molar-refractivity contribution in [2.24, 2.45) is 0 Å². The SMILES string of the molecule is CC#CC#CC#CC#CC#CC#CC#CC#CC#CC#CC#CC#CC#CC#CC#CC#CC#CC#CC#CC#CC#CC#CC#CC#CC#CC#CC#CC#CC#CC.CCCC(=O)CC. The van der Waals surface area contributed by atoms with E-state index in [2.05, 4.69) is 343 Å². The van der Waals surface area contributed by atoms with Gasteiger partial charge in [0, 0.05) is 250 Å². The van der Waals surface area contributed by atoms with E-state index in [-0.39, 0.29) is 0 Å². The van der Waals surface area contributed by atoms with E-state index in [1.807, 2.05) is 13.8 Å². The van der Waals surface area contributed by atoms with Gasteiger partial charge in [-0.3, -0.25) is 4.79 Å². The molecule has 0 aliphatic heterocycles. The Balaban J connectivity index is 0. The minimum Gasteiger partial charge on any atom is -0.300 e. The van der Waals surface area contributed by atoms with Crippen molar-refractivity contribution in [2.75, 3.05) is 0 Å². The molecule has 0 aliphatic carbocycles. The zero-order valence-corrected chi connectivity index (χ0v) is 36.0. The van der Waals surface area contributed by atoms with Gasteiger partial charge in [0.1, 0.15) is 5.78 Å². The van der Waals surface area contributed by atoms with E-state index in [1.165, 1.54) is 0 Å². The normalized spacial score (nSPS) is 4.48. The fraction of sp³-hybridized carbons (Fsp3) is 0.106. The largest absolute Gasteiger partial charge is 0.300 e. The first-order valence-corrected chi connectivity index (χ1v) is 18.1. The van der Waals surface area contributed by atoms with E-state index >= 15 is 0 Å². The molecule has 0 aromatic carbocycles. The van der Waals surface area contributed by atoms with E-state index in [1.54, 1.807) is 13.8 Å². The minimum absolute atomic E-state index is 0.377. The van der Waals surface area contributed by atoms with Crippen LogP contribution in [0.15, 0.2) is 0 Å². The molecule has 1 nitrogen and oxygen atoms in total. The van der Waals surface area contributed by atoms with Crippen molar-refractivity contribution < 1.29 is 4.79 Å². The van der Waals surface area contributed by atoms with Gasteiger partial charge >= 0.3 is 0 Å². The van der Waals surface area contributed by atoms with Crippen molar-refractivity contribution in [1.29, 1.82) is 0 Å². The lowest BCUT2D eigenvalue weighted by atomic mass is 10.2. The predicted octanol–water partition coefficient (Wildman–Crippen LogP) is 2.89. The van der Waals surface area contributed by atoms with Crippen LogP contribution in [0.3, 0.4) is 0 Å². The van der Waals surface area contributed by atoms with Crippen LogP contribution >= 0.6 is 0 Å². The molecular weight excluding hydrogens is 809 g/mol. The van der Waals surface area contributed by atoms with Crippen LogP contribution in [0.4, 0.5) is 0 Å². The number of carbonyl (C=O) groups excluding carboxylic acids is 1. The maximum atomic E-state index is 10.4. The van der Waals surface area contributed by atoms with Gasteiger partial charge in [0.15, 0.2) is 0 Å². The van der Waals surface area contributed by atoms with Gasteiger partial charge in [-0.25, -0.2) is 0 Å². The minimum atomic E-state index is 0.377. The topological polar surface area (TPSA) is 17.1 Å². The van der Waals surface area contributed by atoms with E-state index in [0.717, 1.165) is 12.8 Å². The quantitative estimate of drug-likeness (QED) is 0.401. The van der Waals surface area contributed by atoms with E-state index in [9.17, 15) is 4.79 Å². The first kappa shape index (κ1) is 56.0. The third-order valence-corrected chi connectivity index (χ3v) is 4.61. The summed E-state index contributed by atoms with van der Waals surface area (Å²) in [7, 11) is 0. The Morgan fingerprint density at radius 3 is 0.373 bits per heavy atom. The van der Waals surface area contributed by atoms with Crippen LogP contribution < -0.4 is 0 Å². The van der Waals surface area contributed by atoms with Crippen molar-refractivity contribution in [2.45, 2.75) is 47.0 Å². The lowest BCUT2D eigenvalue weighted by Gasteiger charge is -1.87. The molecule has 67 heavy (non-hydrogen) atoms. The Hall–Kier alpha value is -13.1. The second-order valence-electron chi connectivity index (χ2n) is 9.14. The summed E-state index contributed by atoms with van der Waals surface area (Å²) in [4.78, 5) is 10.4. The van der Waals surface area contributed by atoms with E-state index in [0.29, 0.717) is 12.2 Å². The lowest BCUT2D eigenvalue weighted by molar-refractivity contribution is -0.118. The molecule has 0 aromatic rings. The predicted molar refractivity (Wildman–Crippen MR) is 267 cm³/mol. The molecule has 0 N–H and O–H groups in total. The molecule has 0 aromatic heterocycles. The summed E-state index contributed by atoms with van der Waals surface area (Å²) < 4.78 is 0. The number of rotatable bonds is 3. The summed E-state index contributed by atoms with van der Waals surface area (Å²) in [5.74, 6) is 146. The zero-order chi connectivity index (χ0) is 48.7. The number of hydrogen-bond donors (Lipinski definition) is 0. The Kier molecular flexibility index (Phi) is 46.0. The van der Waals surface area contributed by atoms with Gasteiger partial charge < -0.3 is 0 Å². The molecule has 0 unspecified atom stereocenters. The summed E-state index contributed by atoms with van der Waals surface area (Å²) in [5, 5.41) is 0. The molecule has 288 valence electrons. The van der Waals surface area contributed by atoms with Gasteiger partial charge in [-0.2, -0.15) is 0 Å². The maximum absolute atomic E-state index is 10.4. The first-order chi connectivity index (χ1) is 33.2. The van der Waals surface area contributed by atoms with Crippen molar-refractivity contribution in [3.63, 3.8) is 0 Å². The van der Waals surface area contributed by atoms with Crippen molar-refractivity contribution in [3.05, 3.63) is 0 Å². The molecule has 0 saturated carbocycles. The summed E-state index contributed by atoms with van der Waals surface area (Å²) in [6, 6.07) is 0. The Morgan fingerprint density at radius 1 is 0.209 bits per heavy atom. The van der Waals surface area contributed by atoms with Gasteiger partial charge in [-0.05, 0) is 115 Å². The van der Waals surface area contributed by atoms with E-state index in [4.69, 9.17) is 0 Å². The van der Waals surface area contributed by atoms with Crippen molar-refractivity contribution in [1.82, 2.24) is 0 Å². The third-order valence-electron chi connectivity index (χ3n) is 4.61. The van der Waals surface area contributed by atoms with Crippen molar-refractivity contribution >= 4 is 5.78 Å². The fourth-order valence-corrected chi connectivity index (χ4v) is 2.27. The molecule has 0 amide bonds. The maximum Gasteiger partial charge on any atom is 0.132 e. The second kappa shape index (κ2) is 55.0. The Labute approximate surface area is 399 Å². The van der Waals surface area contributed by atoms with E-state index < -0.39 is 0 Å². The third kappa shape index (κ3) is 57.3. The van der Waals surface area contributed by atoms with Crippen LogP contribution in [0.25, 0.3) is 0 Å². The molecule has 0 radical (unpaired) electrons. The molecule has 0 atom stereocenters. The molecule has 1 heteroatoms. The lowest BCUT2D eigenvalue weighted by Crippen LogP contribution is -1.91. The van der Waals surface area contributed by atoms with Crippen LogP contribution in [0.2, 0.25) is 0 Å². The monoisotopic (exact) mass is 826 g/mol. The van der Waals surface area contributed by atoms with Gasteiger partial charge in [0.2, 0.25) is 0 Å². The summed E-state index contributed by atoms with van der Waals surface area (Å²) in [6.45, 7) is 7.29. The molecule has 0 bridgehead atoms. The van der Waals surface area contributed by atoms with Crippen LogP contribution in [-0.4, -0.2) is 5.78 Å². The molecule has 0 aliphatic rings. The smallest absolute Gasteiger partial charge is 0.132 e. The van der Waals surface area contributed by atoms with Crippen LogP contribution in [0.1, 0.15) is 47.0 Å². The Bertz CT molecular complexity index is 3690. The zero-order valence-electron chi connectivity index (χ0n) is 36.0. The average molecular weight is 827 g/mol. The standard InChI is InChI=1S/C60H6.C6H12O/c1-3-5-7-9-11-13-15-17-19-21-23-25-27-29-31-33-35-37-39-41-43-45-47-49-51-53-55-57-59-60-58-56-54-52-50-48-46-44-42-40-38-36-34-32-30-28-26-24-22-20-18-16-14-12-10-8-6-4-2;1-3-5-6(7)4-2/h1-2H3;3-5H2,1-2H3. The Morgan fingerprint density at radius 2 is 0.313 bits per heavy atom. The molecule has 0 saturated heterocycles. The van der Waals surface area contributed by atoms with Gasteiger partial charge in [0.25, 0.3) is 0 Å². The summed E-state index contributed by atoms with van der Waals surface area (Å²) >= 11 is 0. The van der Waals surface area contributed by atoms with Crippen LogP contribution in [0.5, 0.6) is 0 Å². The van der Waals surface area contributed by atoms with Gasteiger partial charge in [-0.1, -0.05) is 25.7 Å². The molecule has 0 fully saturated rings. The highest BCUT2D eigenvalue weighted by Gasteiger charge is 1.91. The van der Waals surface area contributed by atoms with Crippen molar-refractivity contribution in [3.8, 4) is 343 Å². The highest BCUT2D eigenvalue weighted by Crippen LogP contribution is 1.91. The molecule has 0 spiro atoms. The highest BCUT2D eigenvalue weighted by molar-refractivity contribution is 5.77. The molecule has 0 rings (SSSR count). The first-order valence-electron chi connectivity index (χ1n) is 18.1.